The average molecular weight is 390 g/mol. The van der Waals surface area contributed by atoms with E-state index in [1.807, 2.05) is 48.0 Å². The Kier molecular flexibility index (Phi) is 4.49. The topological polar surface area (TPSA) is 101 Å². The highest BCUT2D eigenvalue weighted by Crippen LogP contribution is 2.31. The van der Waals surface area contributed by atoms with E-state index in [1.165, 1.54) is 0 Å². The molecule has 1 unspecified atom stereocenters. The van der Waals surface area contributed by atoms with Gasteiger partial charge in [0.1, 0.15) is 11.9 Å². The van der Waals surface area contributed by atoms with E-state index < -0.39 is 0 Å². The molecule has 29 heavy (non-hydrogen) atoms. The molecule has 1 aliphatic rings. The Hall–Kier alpha value is -3.59. The van der Waals surface area contributed by atoms with E-state index in [4.69, 9.17) is 14.0 Å². The van der Waals surface area contributed by atoms with Gasteiger partial charge in [0, 0.05) is 18.0 Å². The molecule has 0 N–H and O–H groups in total. The van der Waals surface area contributed by atoms with Crippen molar-refractivity contribution in [2.75, 3.05) is 6.61 Å². The molecular formula is C20H18N6O3. The van der Waals surface area contributed by atoms with Crippen LogP contribution in [0.5, 0.6) is 5.75 Å². The zero-order valence-corrected chi connectivity index (χ0v) is 15.7. The Bertz CT molecular complexity index is 1110. The number of hydrogen-bond donors (Lipinski definition) is 0. The largest absolute Gasteiger partial charge is 0.494 e. The maximum Gasteiger partial charge on any atom is 0.280 e. The van der Waals surface area contributed by atoms with Crippen LogP contribution >= 0.6 is 0 Å². The van der Waals surface area contributed by atoms with E-state index in [-0.39, 0.29) is 6.10 Å². The van der Waals surface area contributed by atoms with Crippen molar-refractivity contribution in [3.8, 4) is 28.7 Å². The third-order valence-corrected chi connectivity index (χ3v) is 4.71. The van der Waals surface area contributed by atoms with Crippen LogP contribution in [-0.4, -0.2) is 36.7 Å². The highest BCUT2D eigenvalue weighted by atomic mass is 16.5. The van der Waals surface area contributed by atoms with Crippen molar-refractivity contribution in [2.45, 2.75) is 26.2 Å². The van der Waals surface area contributed by atoms with Gasteiger partial charge in [-0.15, -0.1) is 5.10 Å². The van der Waals surface area contributed by atoms with Crippen LogP contribution < -0.4 is 4.74 Å². The lowest BCUT2D eigenvalue weighted by molar-refractivity contribution is -0.00119. The number of aromatic nitrogens is 6. The molecule has 0 aliphatic carbocycles. The quantitative estimate of drug-likeness (QED) is 0.512. The molecule has 0 spiro atoms. The van der Waals surface area contributed by atoms with E-state index in [0.717, 1.165) is 22.6 Å². The fourth-order valence-corrected chi connectivity index (χ4v) is 3.26. The first kappa shape index (κ1) is 17.5. The molecule has 1 atom stereocenters. The summed E-state index contributed by atoms with van der Waals surface area (Å²) in [6.07, 6.45) is 3.26. The van der Waals surface area contributed by atoms with Crippen LogP contribution in [0.3, 0.4) is 0 Å². The molecule has 1 aliphatic heterocycles. The number of pyridine rings is 1. The van der Waals surface area contributed by atoms with Crippen molar-refractivity contribution in [1.29, 1.82) is 0 Å². The van der Waals surface area contributed by atoms with Gasteiger partial charge in [-0.1, -0.05) is 22.5 Å². The van der Waals surface area contributed by atoms with Crippen LogP contribution in [0.4, 0.5) is 0 Å². The predicted octanol–water partition coefficient (Wildman–Crippen LogP) is 3.06. The summed E-state index contributed by atoms with van der Waals surface area (Å²) in [5.74, 6) is 1.61. The lowest BCUT2D eigenvalue weighted by Gasteiger charge is -2.24. The van der Waals surface area contributed by atoms with Gasteiger partial charge in [0.2, 0.25) is 5.82 Å². The van der Waals surface area contributed by atoms with Gasteiger partial charge in [-0.2, -0.15) is 4.98 Å². The zero-order chi connectivity index (χ0) is 19.6. The summed E-state index contributed by atoms with van der Waals surface area (Å²) in [6, 6.07) is 11.6. The molecule has 4 heterocycles. The molecule has 4 aromatic rings. The van der Waals surface area contributed by atoms with Crippen LogP contribution in [0, 0.1) is 0 Å². The maximum absolute atomic E-state index is 6.06. The van der Waals surface area contributed by atoms with Gasteiger partial charge in [0.15, 0.2) is 5.69 Å². The fraction of sp³-hybridized carbons (Fsp3) is 0.250. The van der Waals surface area contributed by atoms with Gasteiger partial charge >= 0.3 is 0 Å². The van der Waals surface area contributed by atoms with Crippen molar-refractivity contribution < 1.29 is 14.0 Å². The smallest absolute Gasteiger partial charge is 0.280 e. The van der Waals surface area contributed by atoms with E-state index in [0.29, 0.717) is 37.2 Å². The van der Waals surface area contributed by atoms with Gasteiger partial charge < -0.3 is 14.0 Å². The molecule has 0 saturated carbocycles. The van der Waals surface area contributed by atoms with Crippen LogP contribution in [0.2, 0.25) is 0 Å². The summed E-state index contributed by atoms with van der Waals surface area (Å²) < 4.78 is 18.8. The monoisotopic (exact) mass is 390 g/mol. The summed E-state index contributed by atoms with van der Waals surface area (Å²) >= 11 is 0. The van der Waals surface area contributed by atoms with Gasteiger partial charge in [-0.3, -0.25) is 4.98 Å². The number of fused-ring (bicyclic) bond motifs is 1. The molecule has 9 nitrogen and oxygen atoms in total. The first-order chi connectivity index (χ1) is 14.3. The van der Waals surface area contributed by atoms with Crippen molar-refractivity contribution in [3.05, 3.63) is 60.0 Å². The maximum atomic E-state index is 6.06. The number of ether oxygens (including phenoxy) is 2. The predicted molar refractivity (Wildman–Crippen MR) is 102 cm³/mol. The molecule has 0 saturated heterocycles. The molecule has 0 bridgehead atoms. The van der Waals surface area contributed by atoms with E-state index >= 15 is 0 Å². The SMILES string of the molecule is CCOc1ccc(C2Cn3nnc(-c4nc(-c5cccnc5)no4)c3CO2)cc1. The standard InChI is InChI=1S/C20H18N6O3/c1-2-27-15-7-5-13(6-8-15)17-11-26-16(12-28-17)18(23-25-26)20-22-19(24-29-20)14-4-3-9-21-10-14/h3-10,17H,2,11-12H2,1H3. The number of rotatable bonds is 5. The Balaban J connectivity index is 1.36. The van der Waals surface area contributed by atoms with Crippen molar-refractivity contribution in [3.63, 3.8) is 0 Å². The van der Waals surface area contributed by atoms with Gasteiger partial charge in [-0.25, -0.2) is 4.68 Å². The minimum atomic E-state index is -0.110. The second-order valence-electron chi connectivity index (χ2n) is 6.53. The normalized spacial score (nSPS) is 15.8. The minimum Gasteiger partial charge on any atom is -0.494 e. The third-order valence-electron chi connectivity index (χ3n) is 4.71. The van der Waals surface area contributed by atoms with Crippen molar-refractivity contribution >= 4 is 0 Å². The average Bonchev–Trinajstić information content (AvgIpc) is 3.42. The molecular weight excluding hydrogens is 372 g/mol. The molecule has 5 rings (SSSR count). The minimum absolute atomic E-state index is 0.110. The summed E-state index contributed by atoms with van der Waals surface area (Å²) in [5.41, 5.74) is 3.19. The highest BCUT2D eigenvalue weighted by Gasteiger charge is 2.28. The highest BCUT2D eigenvalue weighted by molar-refractivity contribution is 5.57. The second-order valence-corrected chi connectivity index (χ2v) is 6.53. The van der Waals surface area contributed by atoms with Crippen LogP contribution in [-0.2, 0) is 17.9 Å². The number of hydrogen-bond acceptors (Lipinski definition) is 8. The lowest BCUT2D eigenvalue weighted by atomic mass is 10.1. The summed E-state index contributed by atoms with van der Waals surface area (Å²) in [5, 5.41) is 12.5. The van der Waals surface area contributed by atoms with Crippen molar-refractivity contribution in [2.24, 2.45) is 0 Å². The van der Waals surface area contributed by atoms with Crippen LogP contribution in [0.15, 0.2) is 53.3 Å². The molecule has 0 radical (unpaired) electrons. The number of nitrogens with zero attached hydrogens (tertiary/aromatic N) is 6. The molecule has 1 aromatic carbocycles. The lowest BCUT2D eigenvalue weighted by Crippen LogP contribution is -2.22. The van der Waals surface area contributed by atoms with E-state index in [9.17, 15) is 0 Å². The summed E-state index contributed by atoms with van der Waals surface area (Å²) in [7, 11) is 0. The van der Waals surface area contributed by atoms with Crippen LogP contribution in [0.25, 0.3) is 23.0 Å². The Morgan fingerprint density at radius 3 is 2.90 bits per heavy atom. The first-order valence-electron chi connectivity index (χ1n) is 9.33. The zero-order valence-electron chi connectivity index (χ0n) is 15.7. The van der Waals surface area contributed by atoms with Gasteiger partial charge in [-0.05, 0) is 36.8 Å². The van der Waals surface area contributed by atoms with Crippen LogP contribution in [0.1, 0.15) is 24.3 Å². The molecule has 0 fully saturated rings. The Labute approximate surface area is 166 Å². The van der Waals surface area contributed by atoms with E-state index in [2.05, 4.69) is 25.4 Å². The summed E-state index contributed by atoms with van der Waals surface area (Å²) in [6.45, 7) is 3.51. The molecule has 0 amide bonds. The second kappa shape index (κ2) is 7.44. The van der Waals surface area contributed by atoms with E-state index in [1.54, 1.807) is 12.4 Å². The first-order valence-corrected chi connectivity index (χ1v) is 9.33. The molecule has 146 valence electrons. The van der Waals surface area contributed by atoms with Crippen molar-refractivity contribution in [1.82, 2.24) is 30.1 Å². The Morgan fingerprint density at radius 2 is 2.10 bits per heavy atom. The molecule has 9 heteroatoms. The fourth-order valence-electron chi connectivity index (χ4n) is 3.26. The Morgan fingerprint density at radius 1 is 1.21 bits per heavy atom. The molecule has 3 aromatic heterocycles. The van der Waals surface area contributed by atoms with Gasteiger partial charge in [0.05, 0.1) is 25.5 Å². The number of benzene rings is 1. The van der Waals surface area contributed by atoms with Gasteiger partial charge in [0.25, 0.3) is 5.89 Å². The summed E-state index contributed by atoms with van der Waals surface area (Å²) in [4.78, 5) is 8.51. The third kappa shape index (κ3) is 3.36.